The number of fused-ring (bicyclic) bond motifs is 6. The van der Waals surface area contributed by atoms with Gasteiger partial charge in [-0.3, -0.25) is 0 Å². The summed E-state index contributed by atoms with van der Waals surface area (Å²) in [4.78, 5) is 0. The first-order valence-electron chi connectivity index (χ1n) is 23.6. The van der Waals surface area contributed by atoms with E-state index >= 15 is 8.78 Å². The van der Waals surface area contributed by atoms with Crippen molar-refractivity contribution in [3.8, 4) is 73.1 Å². The molecule has 0 spiro atoms. The van der Waals surface area contributed by atoms with Gasteiger partial charge in [-0.1, -0.05) is 152 Å². The summed E-state index contributed by atoms with van der Waals surface area (Å²) in [6, 6.07) is 69.5. The van der Waals surface area contributed by atoms with E-state index in [0.29, 0.717) is 22.5 Å². The van der Waals surface area contributed by atoms with Gasteiger partial charge in [0.15, 0.2) is 0 Å². The summed E-state index contributed by atoms with van der Waals surface area (Å²) in [6.45, 7) is 8.43. The van der Waals surface area contributed by atoms with E-state index in [1.54, 1.807) is 12.1 Å². The Morgan fingerprint density at radius 2 is 0.643 bits per heavy atom. The van der Waals surface area contributed by atoms with Crippen LogP contribution in [0.15, 0.2) is 200 Å². The minimum Gasteiger partial charge on any atom is -0.308 e. The molecule has 3 nitrogen and oxygen atoms in total. The van der Waals surface area contributed by atoms with E-state index in [0.717, 1.165) is 110 Å². The summed E-state index contributed by atoms with van der Waals surface area (Å²) >= 11 is 0. The largest absolute Gasteiger partial charge is 0.308 e. The molecule has 70 heavy (non-hydrogen) atoms. The molecule has 334 valence electrons. The first-order valence-corrected chi connectivity index (χ1v) is 23.6. The zero-order valence-corrected chi connectivity index (χ0v) is 39.2. The van der Waals surface area contributed by atoms with E-state index in [4.69, 9.17) is 0 Å². The van der Waals surface area contributed by atoms with Gasteiger partial charge in [-0.05, 0) is 149 Å². The van der Waals surface area contributed by atoms with Crippen molar-refractivity contribution >= 4 is 43.6 Å². The topological polar surface area (TPSA) is 33.6 Å². The maximum absolute atomic E-state index is 16.5. The summed E-state index contributed by atoms with van der Waals surface area (Å²) in [7, 11) is 0. The van der Waals surface area contributed by atoms with E-state index < -0.39 is 11.6 Å². The lowest BCUT2D eigenvalue weighted by Gasteiger charge is -2.19. The van der Waals surface area contributed by atoms with Gasteiger partial charge < -0.3 is 9.13 Å². The summed E-state index contributed by atoms with van der Waals surface area (Å²) < 4.78 is 37.2. The third kappa shape index (κ3) is 6.83. The van der Waals surface area contributed by atoms with Gasteiger partial charge in [-0.2, -0.15) is 5.26 Å². The maximum Gasteiger partial charge on any atom is 0.133 e. The molecule has 0 aliphatic heterocycles. The van der Waals surface area contributed by atoms with Crippen LogP contribution >= 0.6 is 0 Å². The predicted molar refractivity (Wildman–Crippen MR) is 286 cm³/mol. The number of benzene rings is 10. The fraction of sp³-hybridized carbons (Fsp3) is 0.0615. The number of hydrogen-bond donors (Lipinski definition) is 0. The van der Waals surface area contributed by atoms with Crippen LogP contribution < -0.4 is 0 Å². The molecule has 0 saturated carbocycles. The van der Waals surface area contributed by atoms with Gasteiger partial charge in [0.25, 0.3) is 0 Å². The lowest BCUT2D eigenvalue weighted by Crippen LogP contribution is -2.06. The van der Waals surface area contributed by atoms with Gasteiger partial charge in [0.2, 0.25) is 0 Å². The van der Waals surface area contributed by atoms with E-state index in [1.165, 1.54) is 18.2 Å². The van der Waals surface area contributed by atoms with Gasteiger partial charge in [0.1, 0.15) is 23.3 Å². The highest BCUT2D eigenvalue weighted by atomic mass is 19.1. The summed E-state index contributed by atoms with van der Waals surface area (Å²) in [5.74, 6) is -1.39. The van der Waals surface area contributed by atoms with Crippen LogP contribution in [-0.2, 0) is 0 Å². The SMILES string of the molecule is Cc1ccccc1-c1ccc2c3ccc(-c4ccccc4C)cc3n(-c3cc(-c4c(F)cccc4F)cc(-n4c5cc(-c6ccccc6C)ccc5c5ccc(-c6ccccc6C)cc54)c3C#N)c2c1. The molecular weight excluding hydrogens is 861 g/mol. The molecule has 0 N–H and O–H groups in total. The second kappa shape index (κ2) is 16.7. The Morgan fingerprint density at radius 1 is 0.343 bits per heavy atom. The van der Waals surface area contributed by atoms with Crippen molar-refractivity contribution in [2.45, 2.75) is 27.7 Å². The molecule has 0 bridgehead atoms. The highest BCUT2D eigenvalue weighted by Gasteiger charge is 2.26. The fourth-order valence-electron chi connectivity index (χ4n) is 10.8. The Kier molecular flexibility index (Phi) is 10.2. The molecule has 0 fully saturated rings. The minimum atomic E-state index is -0.696. The number of halogens is 2. The van der Waals surface area contributed by atoms with Crippen molar-refractivity contribution in [3.63, 3.8) is 0 Å². The first kappa shape index (κ1) is 42.5. The average molecular weight is 906 g/mol. The number of hydrogen-bond acceptors (Lipinski definition) is 1. The molecule has 0 aliphatic rings. The van der Waals surface area contributed by atoms with Crippen LogP contribution in [0.3, 0.4) is 0 Å². The summed E-state index contributed by atoms with van der Waals surface area (Å²) in [6.07, 6.45) is 0. The Labute approximate surface area is 405 Å². The third-order valence-electron chi connectivity index (χ3n) is 14.3. The van der Waals surface area contributed by atoms with Crippen LogP contribution in [0.4, 0.5) is 8.78 Å². The van der Waals surface area contributed by atoms with E-state index in [1.807, 2.05) is 48.5 Å². The standard InChI is InChI=1S/C65H45F2N3/c1-39-14-5-9-18-48(39)43-24-28-52-53-29-25-44(49-19-10-6-15-40(49)2)33-60(53)69(59(52)32-43)63-36-47(65-57(66)22-13-23-58(65)67)37-64(56(63)38-68)70-61-34-45(50-20-11-7-16-41(50)3)26-30-54(61)55-31-27-46(35-62(55)70)51-21-12-8-17-42(51)4/h5-37H,1-4H3. The van der Waals surface area contributed by atoms with Crippen LogP contribution in [0.2, 0.25) is 0 Å². The zero-order chi connectivity index (χ0) is 47.8. The van der Waals surface area contributed by atoms with E-state index in [-0.39, 0.29) is 5.56 Å². The molecule has 10 aromatic carbocycles. The number of rotatable bonds is 7. The molecular formula is C65H45F2N3. The van der Waals surface area contributed by atoms with E-state index in [9.17, 15) is 5.26 Å². The highest BCUT2D eigenvalue weighted by molar-refractivity contribution is 6.13. The van der Waals surface area contributed by atoms with Crippen LogP contribution in [0.5, 0.6) is 0 Å². The molecule has 12 aromatic rings. The molecule has 2 aromatic heterocycles. The normalized spacial score (nSPS) is 11.6. The van der Waals surface area contributed by atoms with Gasteiger partial charge in [0.05, 0.1) is 39.0 Å². The molecule has 0 aliphatic carbocycles. The van der Waals surface area contributed by atoms with Gasteiger partial charge >= 0.3 is 0 Å². The number of aromatic nitrogens is 2. The Balaban J connectivity index is 1.26. The number of nitrogens with zero attached hydrogens (tertiary/aromatic N) is 3. The second-order valence-corrected chi connectivity index (χ2v) is 18.5. The smallest absolute Gasteiger partial charge is 0.133 e. The van der Waals surface area contributed by atoms with Gasteiger partial charge in [-0.15, -0.1) is 0 Å². The molecule has 0 unspecified atom stereocenters. The number of aryl methyl sites for hydroxylation is 4. The zero-order valence-electron chi connectivity index (χ0n) is 39.2. The Hall–Kier alpha value is -8.85. The second-order valence-electron chi connectivity index (χ2n) is 18.5. The van der Waals surface area contributed by atoms with Crippen molar-refractivity contribution in [1.29, 1.82) is 5.26 Å². The Bertz CT molecular complexity index is 3700. The van der Waals surface area contributed by atoms with Crippen molar-refractivity contribution in [2.75, 3.05) is 0 Å². The highest BCUT2D eigenvalue weighted by Crippen LogP contribution is 2.44. The summed E-state index contributed by atoms with van der Waals surface area (Å²) in [5.41, 5.74) is 17.8. The molecule has 0 atom stereocenters. The Morgan fingerprint density at radius 3 is 0.929 bits per heavy atom. The van der Waals surface area contributed by atoms with Crippen molar-refractivity contribution in [2.24, 2.45) is 0 Å². The molecule has 2 heterocycles. The lowest BCUT2D eigenvalue weighted by atomic mass is 9.98. The van der Waals surface area contributed by atoms with Gasteiger partial charge in [-0.25, -0.2) is 8.78 Å². The van der Waals surface area contributed by atoms with Crippen LogP contribution in [0.1, 0.15) is 27.8 Å². The van der Waals surface area contributed by atoms with Crippen LogP contribution in [-0.4, -0.2) is 9.13 Å². The molecule has 0 saturated heterocycles. The van der Waals surface area contributed by atoms with Crippen molar-refractivity contribution < 1.29 is 8.78 Å². The van der Waals surface area contributed by atoms with Crippen molar-refractivity contribution in [1.82, 2.24) is 9.13 Å². The lowest BCUT2D eigenvalue weighted by molar-refractivity contribution is 0.589. The van der Waals surface area contributed by atoms with Gasteiger partial charge in [0, 0.05) is 21.5 Å². The minimum absolute atomic E-state index is 0.168. The van der Waals surface area contributed by atoms with Crippen molar-refractivity contribution in [3.05, 3.63) is 240 Å². The molecule has 0 amide bonds. The quantitative estimate of drug-likeness (QED) is 0.157. The third-order valence-corrected chi connectivity index (χ3v) is 14.3. The monoisotopic (exact) mass is 905 g/mol. The van der Waals surface area contributed by atoms with Crippen LogP contribution in [0.25, 0.3) is 111 Å². The number of nitriles is 1. The fourth-order valence-corrected chi connectivity index (χ4v) is 10.8. The average Bonchev–Trinajstić information content (AvgIpc) is 3.87. The predicted octanol–water partition coefficient (Wildman–Crippen LogP) is 17.6. The van der Waals surface area contributed by atoms with E-state index in [2.05, 4.69) is 164 Å². The molecule has 5 heteroatoms. The molecule has 0 radical (unpaired) electrons. The molecule has 12 rings (SSSR count). The maximum atomic E-state index is 16.5. The summed E-state index contributed by atoms with van der Waals surface area (Å²) in [5, 5.41) is 15.8. The van der Waals surface area contributed by atoms with Crippen LogP contribution in [0, 0.1) is 50.7 Å². The first-order chi connectivity index (χ1) is 34.2.